The lowest BCUT2D eigenvalue weighted by molar-refractivity contribution is 1.09. The molecule has 9 heavy (non-hydrogen) atoms. The first-order valence-electron chi connectivity index (χ1n) is 3.13. The van der Waals surface area contributed by atoms with Crippen LogP contribution in [0.1, 0.15) is 17.4 Å². The third kappa shape index (κ3) is 1.53. The summed E-state index contributed by atoms with van der Waals surface area (Å²) in [6, 6.07) is 2.17. The van der Waals surface area contributed by atoms with Gasteiger partial charge in [0.2, 0.25) is 0 Å². The van der Waals surface area contributed by atoms with E-state index in [1.807, 2.05) is 0 Å². The van der Waals surface area contributed by atoms with Gasteiger partial charge in [0, 0.05) is 11.4 Å². The van der Waals surface area contributed by atoms with Crippen LogP contribution >= 0.6 is 11.3 Å². The first-order chi connectivity index (χ1) is 4.36. The van der Waals surface area contributed by atoms with E-state index in [0.29, 0.717) is 6.54 Å². The molecule has 0 unspecified atom stereocenters. The first-order valence-corrected chi connectivity index (χ1v) is 4.01. The predicted molar refractivity (Wildman–Crippen MR) is 41.6 cm³/mol. The van der Waals surface area contributed by atoms with Gasteiger partial charge in [-0.15, -0.1) is 11.3 Å². The quantitative estimate of drug-likeness (QED) is 0.667. The highest BCUT2D eigenvalue weighted by Gasteiger charge is 1.93. The Morgan fingerprint density at radius 3 is 2.78 bits per heavy atom. The van der Waals surface area contributed by atoms with Crippen LogP contribution in [0.3, 0.4) is 0 Å². The van der Waals surface area contributed by atoms with E-state index in [0.717, 1.165) is 6.42 Å². The highest BCUT2D eigenvalue weighted by atomic mass is 32.1. The van der Waals surface area contributed by atoms with Crippen LogP contribution in [0.5, 0.6) is 0 Å². The molecular formula is C7H11NS. The zero-order valence-electron chi connectivity index (χ0n) is 5.55. The highest BCUT2D eigenvalue weighted by Crippen LogP contribution is 2.13. The van der Waals surface area contributed by atoms with Crippen LogP contribution in [0.25, 0.3) is 0 Å². The van der Waals surface area contributed by atoms with Crippen molar-refractivity contribution in [3.8, 4) is 0 Å². The number of rotatable bonds is 2. The summed E-state index contributed by atoms with van der Waals surface area (Å²) in [5.74, 6) is 0. The molecule has 0 atom stereocenters. The fraction of sp³-hybridized carbons (Fsp3) is 0.429. The molecule has 1 aromatic rings. The Kier molecular flexibility index (Phi) is 2.25. The highest BCUT2D eigenvalue weighted by molar-refractivity contribution is 7.10. The molecule has 0 radical (unpaired) electrons. The molecule has 0 spiro atoms. The lowest BCUT2D eigenvalue weighted by Crippen LogP contribution is -1.91. The Bertz CT molecular complexity index is 162. The van der Waals surface area contributed by atoms with Gasteiger partial charge in [0.15, 0.2) is 0 Å². The van der Waals surface area contributed by atoms with Crippen molar-refractivity contribution in [2.45, 2.75) is 19.9 Å². The van der Waals surface area contributed by atoms with E-state index in [1.165, 1.54) is 10.4 Å². The SMILES string of the molecule is CCc1csc(CN)c1. The smallest absolute Gasteiger partial charge is 0.0273 e. The monoisotopic (exact) mass is 141 g/mol. The van der Waals surface area contributed by atoms with Crippen molar-refractivity contribution >= 4 is 11.3 Å². The topological polar surface area (TPSA) is 26.0 Å². The van der Waals surface area contributed by atoms with Crippen molar-refractivity contribution in [3.63, 3.8) is 0 Å². The third-order valence-electron chi connectivity index (χ3n) is 1.32. The van der Waals surface area contributed by atoms with Crippen molar-refractivity contribution < 1.29 is 0 Å². The molecule has 50 valence electrons. The lowest BCUT2D eigenvalue weighted by Gasteiger charge is -1.83. The van der Waals surface area contributed by atoms with E-state index in [4.69, 9.17) is 5.73 Å². The molecule has 1 rings (SSSR count). The largest absolute Gasteiger partial charge is 0.326 e. The van der Waals surface area contributed by atoms with Gasteiger partial charge in [-0.2, -0.15) is 0 Å². The summed E-state index contributed by atoms with van der Waals surface area (Å²) in [6.45, 7) is 2.84. The maximum absolute atomic E-state index is 5.43. The normalized spacial score (nSPS) is 10.0. The van der Waals surface area contributed by atoms with Gasteiger partial charge in [0.1, 0.15) is 0 Å². The second-order valence-electron chi connectivity index (χ2n) is 1.98. The van der Waals surface area contributed by atoms with E-state index >= 15 is 0 Å². The summed E-state index contributed by atoms with van der Waals surface area (Å²) in [6.07, 6.45) is 1.12. The molecule has 0 aliphatic carbocycles. The number of aryl methyl sites for hydroxylation is 1. The predicted octanol–water partition coefficient (Wildman–Crippen LogP) is 1.77. The van der Waals surface area contributed by atoms with Crippen LogP contribution in [0.4, 0.5) is 0 Å². The van der Waals surface area contributed by atoms with Crippen molar-refractivity contribution in [1.29, 1.82) is 0 Å². The molecule has 2 heteroatoms. The molecule has 0 saturated heterocycles. The van der Waals surface area contributed by atoms with E-state index in [2.05, 4.69) is 18.4 Å². The first kappa shape index (κ1) is 6.78. The van der Waals surface area contributed by atoms with E-state index in [9.17, 15) is 0 Å². The summed E-state index contributed by atoms with van der Waals surface area (Å²) in [4.78, 5) is 1.28. The minimum absolute atomic E-state index is 0.685. The Morgan fingerprint density at radius 1 is 1.67 bits per heavy atom. The fourth-order valence-electron chi connectivity index (χ4n) is 0.719. The Morgan fingerprint density at radius 2 is 2.44 bits per heavy atom. The van der Waals surface area contributed by atoms with Crippen molar-refractivity contribution in [3.05, 3.63) is 21.9 Å². The van der Waals surface area contributed by atoms with Gasteiger partial charge < -0.3 is 5.73 Å². The maximum atomic E-state index is 5.43. The summed E-state index contributed by atoms with van der Waals surface area (Å²) in [5, 5.41) is 2.17. The third-order valence-corrected chi connectivity index (χ3v) is 2.33. The van der Waals surface area contributed by atoms with Gasteiger partial charge in [-0.05, 0) is 23.4 Å². The van der Waals surface area contributed by atoms with E-state index in [1.54, 1.807) is 11.3 Å². The zero-order valence-corrected chi connectivity index (χ0v) is 6.37. The van der Waals surface area contributed by atoms with Gasteiger partial charge in [0.25, 0.3) is 0 Å². The molecule has 0 aliphatic heterocycles. The van der Waals surface area contributed by atoms with Crippen LogP contribution in [-0.2, 0) is 13.0 Å². The van der Waals surface area contributed by atoms with Gasteiger partial charge in [0.05, 0.1) is 0 Å². The molecule has 2 N–H and O–H groups in total. The van der Waals surface area contributed by atoms with Gasteiger partial charge in [-0.1, -0.05) is 6.92 Å². The maximum Gasteiger partial charge on any atom is 0.0273 e. The molecular weight excluding hydrogens is 130 g/mol. The minimum atomic E-state index is 0.685. The molecule has 0 bridgehead atoms. The molecule has 1 nitrogen and oxygen atoms in total. The second-order valence-corrected chi connectivity index (χ2v) is 2.97. The molecule has 0 fully saturated rings. The van der Waals surface area contributed by atoms with Crippen molar-refractivity contribution in [1.82, 2.24) is 0 Å². The minimum Gasteiger partial charge on any atom is -0.326 e. The summed E-state index contributed by atoms with van der Waals surface area (Å²) >= 11 is 1.75. The molecule has 0 amide bonds. The molecule has 0 aliphatic rings. The van der Waals surface area contributed by atoms with Gasteiger partial charge in [-0.3, -0.25) is 0 Å². The van der Waals surface area contributed by atoms with Crippen LogP contribution in [0, 0.1) is 0 Å². The Hall–Kier alpha value is -0.340. The summed E-state index contributed by atoms with van der Waals surface area (Å²) in [5.41, 5.74) is 6.83. The second kappa shape index (κ2) is 2.99. The summed E-state index contributed by atoms with van der Waals surface area (Å²) in [7, 11) is 0. The van der Waals surface area contributed by atoms with E-state index < -0.39 is 0 Å². The van der Waals surface area contributed by atoms with Crippen LogP contribution < -0.4 is 5.73 Å². The van der Waals surface area contributed by atoms with E-state index in [-0.39, 0.29) is 0 Å². The van der Waals surface area contributed by atoms with Crippen LogP contribution in [-0.4, -0.2) is 0 Å². The molecule has 1 heterocycles. The molecule has 0 saturated carbocycles. The van der Waals surface area contributed by atoms with Crippen LogP contribution in [0.2, 0.25) is 0 Å². The Labute approximate surface area is 59.5 Å². The number of nitrogens with two attached hydrogens (primary N) is 1. The van der Waals surface area contributed by atoms with Crippen molar-refractivity contribution in [2.75, 3.05) is 0 Å². The van der Waals surface area contributed by atoms with Crippen LogP contribution in [0.15, 0.2) is 11.4 Å². The summed E-state index contributed by atoms with van der Waals surface area (Å²) < 4.78 is 0. The van der Waals surface area contributed by atoms with Gasteiger partial charge in [-0.25, -0.2) is 0 Å². The average Bonchev–Trinajstić information content (AvgIpc) is 2.34. The molecule has 1 aromatic heterocycles. The average molecular weight is 141 g/mol. The fourth-order valence-corrected chi connectivity index (χ4v) is 1.57. The number of thiophene rings is 1. The lowest BCUT2D eigenvalue weighted by atomic mass is 10.2. The standard InChI is InChI=1S/C7H11NS/c1-2-6-3-7(4-8)9-5-6/h3,5H,2,4,8H2,1H3. The number of hydrogen-bond donors (Lipinski definition) is 1. The van der Waals surface area contributed by atoms with Crippen molar-refractivity contribution in [2.24, 2.45) is 5.73 Å². The zero-order chi connectivity index (χ0) is 6.69. The Balaban J connectivity index is 2.74. The van der Waals surface area contributed by atoms with Gasteiger partial charge >= 0.3 is 0 Å². The molecule has 0 aromatic carbocycles. The number of hydrogen-bond acceptors (Lipinski definition) is 2.